The molecular weight excluding hydrogens is 412 g/mol. The van der Waals surface area contributed by atoms with Crippen molar-refractivity contribution in [3.63, 3.8) is 0 Å². The predicted octanol–water partition coefficient (Wildman–Crippen LogP) is 8.37. The van der Waals surface area contributed by atoms with Crippen molar-refractivity contribution >= 4 is 43.4 Å². The Kier molecular flexibility index (Phi) is 4.09. The molecule has 0 N–H and O–H groups in total. The van der Waals surface area contributed by atoms with Gasteiger partial charge in [-0.3, -0.25) is 0 Å². The molecule has 160 valence electrons. The highest BCUT2D eigenvalue weighted by atomic mass is 15.0. The van der Waals surface area contributed by atoms with Crippen LogP contribution in [0.25, 0.3) is 65.6 Å². The van der Waals surface area contributed by atoms with E-state index in [0.29, 0.717) is 0 Å². The van der Waals surface area contributed by atoms with Gasteiger partial charge in [0.15, 0.2) is 0 Å². The zero-order valence-corrected chi connectivity index (χ0v) is 18.9. The molecule has 34 heavy (non-hydrogen) atoms. The summed E-state index contributed by atoms with van der Waals surface area (Å²) in [7, 11) is 2.07. The molecule has 0 aliphatic heterocycles. The Morgan fingerprint density at radius 1 is 0.559 bits per heavy atom. The minimum absolute atomic E-state index is 1.02. The lowest BCUT2D eigenvalue weighted by Crippen LogP contribution is -1.91. The number of aromatic nitrogens is 2. The minimum atomic E-state index is 1.02. The Morgan fingerprint density at radius 2 is 1.35 bits per heavy atom. The van der Waals surface area contributed by atoms with E-state index in [1.165, 1.54) is 60.1 Å². The molecule has 0 fully saturated rings. The zero-order valence-electron chi connectivity index (χ0n) is 18.9. The van der Waals surface area contributed by atoms with Crippen LogP contribution in [0.15, 0.2) is 116 Å². The second-order valence-electron chi connectivity index (χ2n) is 8.96. The van der Waals surface area contributed by atoms with Gasteiger partial charge in [0.05, 0.1) is 17.4 Å². The normalized spacial score (nSPS) is 11.7. The molecule has 0 aliphatic rings. The third-order valence-electron chi connectivity index (χ3n) is 6.97. The summed E-state index contributed by atoms with van der Waals surface area (Å²) in [5.41, 5.74) is 7.15. The average molecular weight is 435 g/mol. The molecule has 2 nitrogen and oxygen atoms in total. The smallest absolute Gasteiger partial charge is 0.0955 e. The van der Waals surface area contributed by atoms with E-state index in [9.17, 15) is 0 Å². The first-order valence-corrected chi connectivity index (χ1v) is 11.6. The van der Waals surface area contributed by atoms with Crippen molar-refractivity contribution in [2.75, 3.05) is 0 Å². The van der Waals surface area contributed by atoms with Crippen LogP contribution in [0.5, 0.6) is 0 Å². The van der Waals surface area contributed by atoms with E-state index < -0.39 is 0 Å². The van der Waals surface area contributed by atoms with Crippen molar-refractivity contribution in [3.8, 4) is 22.3 Å². The highest BCUT2D eigenvalue weighted by molar-refractivity contribution is 6.24. The second-order valence-corrected chi connectivity index (χ2v) is 8.96. The molecule has 0 saturated heterocycles. The van der Waals surface area contributed by atoms with Crippen molar-refractivity contribution in [3.05, 3.63) is 116 Å². The third kappa shape index (κ3) is 2.79. The number of para-hydroxylation sites is 1. The van der Waals surface area contributed by atoms with Crippen LogP contribution in [-0.4, -0.2) is 9.55 Å². The van der Waals surface area contributed by atoms with E-state index >= 15 is 0 Å². The fourth-order valence-electron chi connectivity index (χ4n) is 5.40. The van der Waals surface area contributed by atoms with Gasteiger partial charge in [-0.1, -0.05) is 91.0 Å². The molecule has 0 radical (unpaired) electrons. The van der Waals surface area contributed by atoms with Gasteiger partial charge in [-0.2, -0.15) is 0 Å². The molecule has 2 heteroatoms. The van der Waals surface area contributed by atoms with Crippen LogP contribution in [0.1, 0.15) is 0 Å². The molecule has 6 aromatic carbocycles. The largest absolute Gasteiger partial charge is 0.333 e. The van der Waals surface area contributed by atoms with Gasteiger partial charge >= 0.3 is 0 Å². The van der Waals surface area contributed by atoms with Crippen LogP contribution >= 0.6 is 0 Å². The Bertz CT molecular complexity index is 1860. The average Bonchev–Trinajstić information content (AvgIpc) is 3.29. The monoisotopic (exact) mass is 434 g/mol. The first-order chi connectivity index (χ1) is 16.8. The summed E-state index contributed by atoms with van der Waals surface area (Å²) in [4.78, 5) is 4.58. The molecule has 0 spiro atoms. The number of rotatable bonds is 2. The van der Waals surface area contributed by atoms with Crippen molar-refractivity contribution in [1.82, 2.24) is 9.55 Å². The van der Waals surface area contributed by atoms with Gasteiger partial charge in [0.1, 0.15) is 0 Å². The maximum absolute atomic E-state index is 4.58. The summed E-state index contributed by atoms with van der Waals surface area (Å²) in [6.45, 7) is 0. The Labute approximate surface area is 197 Å². The van der Waals surface area contributed by atoms with E-state index in [-0.39, 0.29) is 0 Å². The number of fused-ring (bicyclic) bond motifs is 6. The third-order valence-corrected chi connectivity index (χ3v) is 6.97. The fourth-order valence-corrected chi connectivity index (χ4v) is 5.40. The van der Waals surface area contributed by atoms with Crippen LogP contribution in [0.4, 0.5) is 0 Å². The summed E-state index contributed by atoms with van der Waals surface area (Å²) in [6, 6.07) is 39.5. The highest BCUT2D eigenvalue weighted by Crippen LogP contribution is 2.40. The second kappa shape index (κ2) is 7.29. The SMILES string of the molecule is Cn1cnc2cccc(-c3cc4ccc5cc(-c6ccccc6)ccc5c4c4ccccc34)c21. The van der Waals surface area contributed by atoms with E-state index in [1.54, 1.807) is 0 Å². The van der Waals surface area contributed by atoms with Gasteiger partial charge < -0.3 is 4.57 Å². The fraction of sp³-hybridized carbons (Fsp3) is 0.0312. The molecule has 0 aliphatic carbocycles. The summed E-state index contributed by atoms with van der Waals surface area (Å²) in [5, 5.41) is 7.68. The van der Waals surface area contributed by atoms with Gasteiger partial charge in [-0.25, -0.2) is 4.98 Å². The number of aryl methyl sites for hydroxylation is 1. The maximum Gasteiger partial charge on any atom is 0.0955 e. The molecule has 0 bridgehead atoms. The lowest BCUT2D eigenvalue weighted by atomic mass is 9.89. The van der Waals surface area contributed by atoms with E-state index in [0.717, 1.165) is 5.52 Å². The van der Waals surface area contributed by atoms with Crippen LogP contribution in [-0.2, 0) is 7.05 Å². The van der Waals surface area contributed by atoms with Crippen LogP contribution < -0.4 is 0 Å². The molecule has 0 atom stereocenters. The number of imidazole rings is 1. The molecule has 1 aromatic heterocycles. The number of hydrogen-bond acceptors (Lipinski definition) is 1. The number of nitrogens with zero attached hydrogens (tertiary/aromatic N) is 2. The standard InChI is InChI=1S/C32H22N2/c1-34-20-33-30-13-7-12-28(32(30)34)29-19-24-15-14-23-18-22(21-8-3-2-4-9-21)16-17-25(23)31(24)27-11-6-5-10-26(27)29/h2-20H,1H3. The molecule has 7 aromatic rings. The Hall–Kier alpha value is -4.43. The Morgan fingerprint density at radius 3 is 2.24 bits per heavy atom. The summed E-state index contributed by atoms with van der Waals surface area (Å²) in [6.07, 6.45) is 1.90. The van der Waals surface area contributed by atoms with Crippen LogP contribution in [0.3, 0.4) is 0 Å². The van der Waals surface area contributed by atoms with Gasteiger partial charge in [0.2, 0.25) is 0 Å². The van der Waals surface area contributed by atoms with Crippen molar-refractivity contribution in [2.45, 2.75) is 0 Å². The lowest BCUT2D eigenvalue weighted by Gasteiger charge is -2.15. The molecule has 0 saturated carbocycles. The first-order valence-electron chi connectivity index (χ1n) is 11.6. The topological polar surface area (TPSA) is 17.8 Å². The maximum atomic E-state index is 4.58. The van der Waals surface area contributed by atoms with Gasteiger partial charge in [0, 0.05) is 12.6 Å². The van der Waals surface area contributed by atoms with Gasteiger partial charge in [0.25, 0.3) is 0 Å². The molecule has 0 unspecified atom stereocenters. The number of benzene rings is 6. The van der Waals surface area contributed by atoms with Gasteiger partial charge in [-0.05, 0) is 67.2 Å². The quantitative estimate of drug-likeness (QED) is 0.250. The Balaban J connectivity index is 1.56. The highest BCUT2D eigenvalue weighted by Gasteiger charge is 2.15. The van der Waals surface area contributed by atoms with Crippen molar-refractivity contribution < 1.29 is 0 Å². The van der Waals surface area contributed by atoms with Crippen molar-refractivity contribution in [1.29, 1.82) is 0 Å². The van der Waals surface area contributed by atoms with Crippen LogP contribution in [0.2, 0.25) is 0 Å². The summed E-state index contributed by atoms with van der Waals surface area (Å²) in [5.74, 6) is 0. The predicted molar refractivity (Wildman–Crippen MR) is 144 cm³/mol. The first kappa shape index (κ1) is 19.1. The summed E-state index contributed by atoms with van der Waals surface area (Å²) >= 11 is 0. The van der Waals surface area contributed by atoms with E-state index in [2.05, 4.69) is 126 Å². The molecule has 0 amide bonds. The van der Waals surface area contributed by atoms with Crippen LogP contribution in [0, 0.1) is 0 Å². The van der Waals surface area contributed by atoms with Gasteiger partial charge in [-0.15, -0.1) is 0 Å². The van der Waals surface area contributed by atoms with Crippen molar-refractivity contribution in [2.24, 2.45) is 7.05 Å². The zero-order chi connectivity index (χ0) is 22.6. The lowest BCUT2D eigenvalue weighted by molar-refractivity contribution is 0.948. The molecular formula is C32H22N2. The summed E-state index contributed by atoms with van der Waals surface area (Å²) < 4.78 is 2.12. The van der Waals surface area contributed by atoms with E-state index in [4.69, 9.17) is 0 Å². The molecule has 7 rings (SSSR count). The minimum Gasteiger partial charge on any atom is -0.333 e. The number of hydrogen-bond donors (Lipinski definition) is 0. The molecule has 1 heterocycles. The van der Waals surface area contributed by atoms with E-state index in [1.807, 2.05) is 6.33 Å².